The average molecular weight is 1770 g/mol. The number of halogens is 9. The van der Waals surface area contributed by atoms with Gasteiger partial charge in [-0.25, -0.2) is 44.3 Å². The molecular formula is C92H81F9N10O17. The van der Waals surface area contributed by atoms with Gasteiger partial charge in [-0.2, -0.15) is 0 Å². The summed E-state index contributed by atoms with van der Waals surface area (Å²) in [5, 5.41) is 37.1. The lowest BCUT2D eigenvalue weighted by molar-refractivity contribution is -0.137. The Morgan fingerprint density at radius 1 is 0.414 bits per heavy atom. The number of fused-ring (bicyclic) bond motifs is 8. The van der Waals surface area contributed by atoms with E-state index >= 15 is 0 Å². The number of carbonyl (C=O) groups excluding carboxylic acids is 8. The van der Waals surface area contributed by atoms with Crippen molar-refractivity contribution in [2.45, 2.75) is 158 Å². The molecule has 0 radical (unpaired) electrons. The predicted octanol–water partition coefficient (Wildman–Crippen LogP) is 10.1. The van der Waals surface area contributed by atoms with Crippen LogP contribution in [0.2, 0.25) is 0 Å². The number of aromatic nitrogens is 3. The van der Waals surface area contributed by atoms with Gasteiger partial charge in [0.05, 0.1) is 27.8 Å². The number of allylic oxidation sites excluding steroid dienone is 2. The lowest BCUT2D eigenvalue weighted by Gasteiger charge is -2.47. The second-order valence-electron chi connectivity index (χ2n) is 35.5. The second-order valence-corrected chi connectivity index (χ2v) is 35.5. The van der Waals surface area contributed by atoms with E-state index in [4.69, 9.17) is 9.47 Å². The van der Waals surface area contributed by atoms with Crippen LogP contribution < -0.4 is 37.0 Å². The van der Waals surface area contributed by atoms with Crippen LogP contribution in [0.5, 0.6) is 17.2 Å². The number of aromatic hydroxyl groups is 2. The molecule has 5 aliphatic carbocycles. The molecule has 7 amide bonds. The Bertz CT molecular complexity index is 6150. The molecule has 13 aliphatic rings. The molecule has 4 saturated carbocycles. The van der Waals surface area contributed by atoms with Gasteiger partial charge in [0.25, 0.3) is 41.4 Å². The molecule has 128 heavy (non-hydrogen) atoms. The fraction of sp³-hybridized carbons (Fsp3) is 0.370. The standard InChI is InChI=1S/C29H25F3N2O4.2C21H18F3N3O4.C21H20N2O5/c30-19-9-22(31)21(23(32)10-19)13-33-27(36)20-8-18-12-29-7-6-17(11-29)14-34(29)28(37)24(18)26(25(20)35)38-15-16-4-2-1-3-5-16;2*22-11-3-14(23)12(15(24)4-11)6-25-19(30)13-8-26-9-21-2-1-10(5-21)7-27(21)20(31)16(26)18(29)17(13)28;24-17-15(20(26)27)10-22-12-21-7-6-14(8-21)9-23(21)19(25)16(22)18(17)28-11-13-4-2-1-3-5-13/h1-5,8-10,17-18H,6-7,11-15H2,(H,33,36);2*3-4,8,10,29H,1-2,5-7,9H2,(H,25,30);1-5,10,14H,6-9,11-12H2,(H,26,27)/t17-,18?,29+;2*10-,21+;14-,21+/m0000/s1. The molecule has 21 rings (SSSR count). The van der Waals surface area contributed by atoms with E-state index in [1.807, 2.05) is 70.5 Å². The Labute approximate surface area is 721 Å². The van der Waals surface area contributed by atoms with Crippen molar-refractivity contribution >= 4 is 53.1 Å². The molecule has 9 atom stereocenters. The van der Waals surface area contributed by atoms with Crippen molar-refractivity contribution in [1.29, 1.82) is 0 Å². The van der Waals surface area contributed by atoms with Gasteiger partial charge in [0.1, 0.15) is 82.3 Å². The summed E-state index contributed by atoms with van der Waals surface area (Å²) in [5.74, 6) is -17.2. The molecule has 5 aromatic carbocycles. The molecule has 6 N–H and O–H groups in total. The maximum absolute atomic E-state index is 14.1. The zero-order valence-electron chi connectivity index (χ0n) is 68.2. The Balaban J connectivity index is 0.000000116. The number of amides is 7. The Kier molecular flexibility index (Phi) is 21.6. The Hall–Kier alpha value is -13.6. The van der Waals surface area contributed by atoms with Crippen molar-refractivity contribution in [1.82, 2.24) is 49.3 Å². The van der Waals surface area contributed by atoms with Crippen molar-refractivity contribution in [2.24, 2.45) is 29.6 Å². The highest BCUT2D eigenvalue weighted by Gasteiger charge is 2.62. The summed E-state index contributed by atoms with van der Waals surface area (Å²) in [6.45, 7) is 2.01. The van der Waals surface area contributed by atoms with Gasteiger partial charge in [-0.1, -0.05) is 66.7 Å². The van der Waals surface area contributed by atoms with Gasteiger partial charge in [-0.15, -0.1) is 0 Å². The van der Waals surface area contributed by atoms with Gasteiger partial charge in [-0.05, 0) is 118 Å². The minimum Gasteiger partial charge on any atom is -0.503 e. The zero-order chi connectivity index (χ0) is 90.2. The third kappa shape index (κ3) is 14.8. The van der Waals surface area contributed by atoms with Crippen molar-refractivity contribution in [3.05, 3.63) is 283 Å². The molecule has 8 aliphatic heterocycles. The van der Waals surface area contributed by atoms with Crippen LogP contribution in [0.3, 0.4) is 0 Å². The third-order valence-corrected chi connectivity index (χ3v) is 27.8. The number of nitrogens with zero attached hydrogens (tertiary/aromatic N) is 7. The quantitative estimate of drug-likeness (QED) is 0.0387. The Morgan fingerprint density at radius 2 is 0.758 bits per heavy atom. The molecule has 36 heteroatoms. The normalized spacial score (nSPS) is 24.5. The van der Waals surface area contributed by atoms with Crippen LogP contribution in [0.25, 0.3) is 0 Å². The lowest BCUT2D eigenvalue weighted by atomic mass is 9.73. The number of carboxylic acids is 1. The highest BCUT2D eigenvalue weighted by atomic mass is 19.2. The van der Waals surface area contributed by atoms with Gasteiger partial charge < -0.3 is 74.0 Å². The number of benzene rings is 5. The first-order chi connectivity index (χ1) is 61.1. The summed E-state index contributed by atoms with van der Waals surface area (Å²) >= 11 is 0. The number of ether oxygens (including phenoxy) is 2. The van der Waals surface area contributed by atoms with Gasteiger partial charge in [-0.3, -0.25) is 52.7 Å². The number of hydrogen-bond donors (Lipinski definition) is 6. The number of aromatic carboxylic acids is 1. The number of nitrogens with one attached hydrogen (secondary N) is 3. The SMILES string of the molecule is O=C(NCc1c(F)cc(F)cc1F)C1=CC2C[C@]34CC[C@H](CN3C(=O)C2=C(OCc2ccccc2)C1=O)C4.O=C(NCc1c(F)cc(F)cc1F)c1cn2c(c(O)c1=O)C(=O)N1C[C@H]3CC[C@@]1(C3)C2.O=C(NCc1c(F)cc(F)cc1F)c1cn2c(c(O)c1=O)C(=O)N1C[C@H]3CC[C@@]1(C3)C2.O=C(O)c1cn2c(c(OCc3ccccc3)c1=O)C(=O)N1C[C@H]3CC[C@@]1(C3)C2. The van der Waals surface area contributed by atoms with Crippen molar-refractivity contribution < 1.29 is 107 Å². The van der Waals surface area contributed by atoms with Crippen LogP contribution >= 0.6 is 0 Å². The first-order valence-electron chi connectivity index (χ1n) is 41.9. The van der Waals surface area contributed by atoms with E-state index in [1.165, 1.54) is 33.8 Å². The van der Waals surface area contributed by atoms with Crippen LogP contribution in [0.15, 0.2) is 153 Å². The molecule has 27 nitrogen and oxygen atoms in total. The van der Waals surface area contributed by atoms with Gasteiger partial charge in [0, 0.05) is 149 Å². The molecule has 11 heterocycles. The minimum absolute atomic E-state index is 0.0279. The van der Waals surface area contributed by atoms with Crippen LogP contribution in [0.4, 0.5) is 39.5 Å². The second kappa shape index (κ2) is 32.4. The maximum atomic E-state index is 14.1. The molecular weight excluding hydrogens is 1690 g/mol. The number of piperidine rings is 5. The smallest absolute Gasteiger partial charge is 0.341 e. The van der Waals surface area contributed by atoms with Gasteiger partial charge in [0.15, 0.2) is 40.1 Å². The first kappa shape index (κ1) is 85.2. The van der Waals surface area contributed by atoms with E-state index in [-0.39, 0.29) is 92.5 Å². The van der Waals surface area contributed by atoms with Crippen molar-refractivity contribution in [3.8, 4) is 17.2 Å². The van der Waals surface area contributed by atoms with Crippen LogP contribution in [0, 0.1) is 81.9 Å². The number of carbonyl (C=O) groups is 9. The zero-order valence-corrected chi connectivity index (χ0v) is 68.2. The highest BCUT2D eigenvalue weighted by molar-refractivity contribution is 6.27. The van der Waals surface area contributed by atoms with Gasteiger partial charge >= 0.3 is 5.97 Å². The minimum atomic E-state index is -1.31. The molecule has 1 unspecified atom stereocenters. The summed E-state index contributed by atoms with van der Waals surface area (Å²) in [6, 6.07) is 21.4. The predicted molar refractivity (Wildman–Crippen MR) is 431 cm³/mol. The van der Waals surface area contributed by atoms with Gasteiger partial charge in [0.2, 0.25) is 22.1 Å². The van der Waals surface area contributed by atoms with E-state index in [0.717, 1.165) is 88.2 Å². The number of carboxylic acid groups (broad SMARTS) is 1. The number of Topliss-reactive ketones (excluding diaryl/α,β-unsaturated/α-hetero) is 1. The van der Waals surface area contributed by atoms with E-state index in [1.54, 1.807) is 14.4 Å². The molecule has 9 fully saturated rings. The highest BCUT2D eigenvalue weighted by Crippen LogP contribution is 2.57. The lowest BCUT2D eigenvalue weighted by Crippen LogP contribution is -2.55. The van der Waals surface area contributed by atoms with Crippen LogP contribution in [-0.4, -0.2) is 150 Å². The Morgan fingerprint density at radius 3 is 1.14 bits per heavy atom. The molecule has 664 valence electrons. The molecule has 8 aromatic rings. The molecule has 3 aromatic heterocycles. The maximum Gasteiger partial charge on any atom is 0.341 e. The summed E-state index contributed by atoms with van der Waals surface area (Å²) < 4.78 is 139. The van der Waals surface area contributed by atoms with E-state index < -0.39 is 175 Å². The third-order valence-electron chi connectivity index (χ3n) is 27.8. The van der Waals surface area contributed by atoms with Crippen LogP contribution in [-0.2, 0) is 71.6 Å². The molecule has 8 bridgehead atoms. The number of rotatable bonds is 16. The molecule has 4 spiro atoms. The topological polar surface area (TPSA) is 348 Å². The average Bonchev–Trinajstić information content (AvgIpc) is 1.55. The van der Waals surface area contributed by atoms with E-state index in [2.05, 4.69) is 16.0 Å². The van der Waals surface area contributed by atoms with E-state index in [0.29, 0.717) is 112 Å². The monoisotopic (exact) mass is 1770 g/mol. The van der Waals surface area contributed by atoms with E-state index in [9.17, 15) is 112 Å². The fourth-order valence-electron chi connectivity index (χ4n) is 21.9. The first-order valence-corrected chi connectivity index (χ1v) is 41.9. The number of ketones is 1. The number of hydrogen-bond acceptors (Lipinski definition) is 16. The summed E-state index contributed by atoms with van der Waals surface area (Å²) in [4.78, 5) is 161. The fourth-order valence-corrected chi connectivity index (χ4v) is 21.9. The summed E-state index contributed by atoms with van der Waals surface area (Å²) in [5.41, 5.74) is -5.57. The van der Waals surface area contributed by atoms with Crippen molar-refractivity contribution in [2.75, 3.05) is 26.2 Å². The molecule has 5 saturated heterocycles. The van der Waals surface area contributed by atoms with Crippen molar-refractivity contribution in [3.63, 3.8) is 0 Å². The largest absolute Gasteiger partial charge is 0.503 e. The number of pyridine rings is 3. The summed E-state index contributed by atoms with van der Waals surface area (Å²) in [7, 11) is 0. The summed E-state index contributed by atoms with van der Waals surface area (Å²) in [6.07, 6.45) is 16.8. The van der Waals surface area contributed by atoms with Crippen LogP contribution in [0.1, 0.15) is 174 Å².